The van der Waals surface area contributed by atoms with E-state index < -0.39 is 0 Å². The number of hydrogen-bond acceptors (Lipinski definition) is 4. The van der Waals surface area contributed by atoms with Gasteiger partial charge in [0.1, 0.15) is 0 Å². The van der Waals surface area contributed by atoms with Gasteiger partial charge in [-0.15, -0.1) is 0 Å². The van der Waals surface area contributed by atoms with Gasteiger partial charge in [-0.2, -0.15) is 0 Å². The van der Waals surface area contributed by atoms with Crippen LogP contribution in [-0.2, 0) is 4.79 Å². The number of hydrogen-bond donors (Lipinski definition) is 1. The zero-order chi connectivity index (χ0) is 28.1. The molecule has 2 aromatic carbocycles. The number of likely N-dealkylation sites (tertiary alicyclic amines) is 1. The van der Waals surface area contributed by atoms with Crippen LogP contribution in [0.2, 0.25) is 0 Å². The first-order chi connectivity index (χ1) is 19.4. The standard InChI is InChI=1S/C33H40N4O3/c1-22(2)28-19-27(34-3)20-29-31(28)40-33(36-29)26-12-10-25(11-13-26)32(39)35-21-24-15-17-37(18-16-24)30(38)14-9-23-7-5-4-6-8-23/h10-13,19-20,22-24H,4-9,14-18,21H2,1-2H3,(H,35,39). The molecule has 1 aliphatic heterocycles. The van der Waals surface area contributed by atoms with Gasteiger partial charge in [-0.25, -0.2) is 9.83 Å². The topological polar surface area (TPSA) is 79.8 Å². The van der Waals surface area contributed by atoms with E-state index in [1.54, 1.807) is 18.2 Å². The van der Waals surface area contributed by atoms with Gasteiger partial charge in [0.15, 0.2) is 11.3 Å². The Morgan fingerprint density at radius 2 is 1.77 bits per heavy atom. The van der Waals surface area contributed by atoms with E-state index >= 15 is 0 Å². The molecule has 0 atom stereocenters. The first kappa shape index (κ1) is 27.9. The van der Waals surface area contributed by atoms with Crippen molar-refractivity contribution in [1.82, 2.24) is 15.2 Å². The van der Waals surface area contributed by atoms with E-state index in [1.165, 1.54) is 32.1 Å². The molecule has 7 nitrogen and oxygen atoms in total. The predicted octanol–water partition coefficient (Wildman–Crippen LogP) is 7.50. The molecular formula is C33H40N4O3. The molecule has 2 aliphatic rings. The summed E-state index contributed by atoms with van der Waals surface area (Å²) in [7, 11) is 0. The van der Waals surface area contributed by atoms with Crippen molar-refractivity contribution in [2.24, 2.45) is 11.8 Å². The van der Waals surface area contributed by atoms with Gasteiger partial charge >= 0.3 is 0 Å². The molecule has 0 bridgehead atoms. The van der Waals surface area contributed by atoms with E-state index in [2.05, 4.69) is 29.0 Å². The molecule has 1 aliphatic carbocycles. The van der Waals surface area contributed by atoms with Crippen LogP contribution in [0, 0.1) is 18.4 Å². The van der Waals surface area contributed by atoms with Gasteiger partial charge in [0.2, 0.25) is 11.8 Å². The normalized spacial score (nSPS) is 16.8. The first-order valence-corrected chi connectivity index (χ1v) is 14.9. The van der Waals surface area contributed by atoms with E-state index in [4.69, 9.17) is 11.0 Å². The number of carbonyl (C=O) groups excluding carboxylic acids is 2. The molecule has 2 fully saturated rings. The van der Waals surface area contributed by atoms with Gasteiger partial charge in [-0.1, -0.05) is 46.0 Å². The first-order valence-electron chi connectivity index (χ1n) is 14.9. The second-order valence-electron chi connectivity index (χ2n) is 11.8. The van der Waals surface area contributed by atoms with Crippen LogP contribution in [0.25, 0.3) is 27.4 Å². The number of nitrogens with zero attached hydrogens (tertiary/aromatic N) is 3. The molecule has 1 saturated heterocycles. The zero-order valence-electron chi connectivity index (χ0n) is 23.7. The quantitative estimate of drug-likeness (QED) is 0.300. The van der Waals surface area contributed by atoms with Crippen LogP contribution in [0.1, 0.15) is 93.5 Å². The maximum atomic E-state index is 12.8. The third kappa shape index (κ3) is 6.55. The summed E-state index contributed by atoms with van der Waals surface area (Å²) < 4.78 is 6.10. The van der Waals surface area contributed by atoms with E-state index in [0.29, 0.717) is 53.0 Å². The van der Waals surface area contributed by atoms with Gasteiger partial charge < -0.3 is 14.6 Å². The third-order valence-corrected chi connectivity index (χ3v) is 8.66. The Hall–Kier alpha value is -3.66. The summed E-state index contributed by atoms with van der Waals surface area (Å²) in [5.41, 5.74) is 4.27. The second kappa shape index (κ2) is 12.7. The molecule has 0 spiro atoms. The summed E-state index contributed by atoms with van der Waals surface area (Å²) in [6.07, 6.45) is 10.2. The fraction of sp³-hybridized carbons (Fsp3) is 0.515. The lowest BCUT2D eigenvalue weighted by Gasteiger charge is -2.32. The molecule has 7 heteroatoms. The van der Waals surface area contributed by atoms with E-state index in [-0.39, 0.29) is 11.8 Å². The van der Waals surface area contributed by atoms with Gasteiger partial charge in [0.25, 0.3) is 5.91 Å². The van der Waals surface area contributed by atoms with Crippen LogP contribution in [0.5, 0.6) is 0 Å². The highest BCUT2D eigenvalue weighted by Gasteiger charge is 2.24. The van der Waals surface area contributed by atoms with Crippen LogP contribution < -0.4 is 5.32 Å². The van der Waals surface area contributed by atoms with Gasteiger partial charge in [0, 0.05) is 37.2 Å². The van der Waals surface area contributed by atoms with Crippen molar-refractivity contribution in [2.75, 3.05) is 19.6 Å². The van der Waals surface area contributed by atoms with E-state index in [0.717, 1.165) is 49.4 Å². The number of nitrogens with one attached hydrogen (secondary N) is 1. The summed E-state index contributed by atoms with van der Waals surface area (Å²) in [5, 5.41) is 3.08. The number of aromatic nitrogens is 1. The Morgan fingerprint density at radius 1 is 1.05 bits per heavy atom. The Kier molecular flexibility index (Phi) is 8.84. The highest BCUT2D eigenvalue weighted by molar-refractivity contribution is 5.94. The minimum atomic E-state index is -0.0982. The van der Waals surface area contributed by atoms with Crippen molar-refractivity contribution in [1.29, 1.82) is 0 Å². The lowest BCUT2D eigenvalue weighted by atomic mass is 9.86. The summed E-state index contributed by atoms with van der Waals surface area (Å²) in [4.78, 5) is 35.7. The van der Waals surface area contributed by atoms with Gasteiger partial charge in [-0.05, 0) is 79.0 Å². The Bertz CT molecular complexity index is 1370. The van der Waals surface area contributed by atoms with Crippen LogP contribution in [-0.4, -0.2) is 41.3 Å². The maximum absolute atomic E-state index is 12.8. The third-order valence-electron chi connectivity index (χ3n) is 8.66. The predicted molar refractivity (Wildman–Crippen MR) is 157 cm³/mol. The van der Waals surface area contributed by atoms with Crippen molar-refractivity contribution in [2.45, 2.75) is 77.6 Å². The fourth-order valence-electron chi connectivity index (χ4n) is 6.11. The maximum Gasteiger partial charge on any atom is 0.251 e. The number of carbonyl (C=O) groups is 2. The SMILES string of the molecule is [C-]#[N+]c1cc(C(C)C)c2oc(-c3ccc(C(=O)NCC4CCN(C(=O)CCC5CCCCC5)CC4)cc3)nc2c1. The van der Waals surface area contributed by atoms with Crippen molar-refractivity contribution in [3.8, 4) is 11.5 Å². The summed E-state index contributed by atoms with van der Waals surface area (Å²) >= 11 is 0. The summed E-state index contributed by atoms with van der Waals surface area (Å²) in [6.45, 7) is 13.7. The lowest BCUT2D eigenvalue weighted by molar-refractivity contribution is -0.132. The van der Waals surface area contributed by atoms with Crippen molar-refractivity contribution in [3.05, 3.63) is 58.9 Å². The second-order valence-corrected chi connectivity index (χ2v) is 11.8. The minimum absolute atomic E-state index is 0.0982. The lowest BCUT2D eigenvalue weighted by Crippen LogP contribution is -2.41. The fourth-order valence-corrected chi connectivity index (χ4v) is 6.11. The van der Waals surface area contributed by atoms with E-state index in [9.17, 15) is 9.59 Å². The summed E-state index contributed by atoms with van der Waals surface area (Å²) in [6, 6.07) is 10.9. The van der Waals surface area contributed by atoms with Crippen LogP contribution in [0.3, 0.4) is 0 Å². The molecule has 3 aromatic rings. The largest absolute Gasteiger partial charge is 0.436 e. The molecule has 5 rings (SSSR count). The molecule has 2 heterocycles. The van der Waals surface area contributed by atoms with Crippen LogP contribution in [0.4, 0.5) is 5.69 Å². The van der Waals surface area contributed by atoms with Crippen molar-refractivity contribution >= 4 is 28.6 Å². The molecule has 0 unspecified atom stereocenters. The average Bonchev–Trinajstić information content (AvgIpc) is 3.43. The average molecular weight is 541 g/mol. The monoisotopic (exact) mass is 540 g/mol. The Morgan fingerprint density at radius 3 is 2.45 bits per heavy atom. The van der Waals surface area contributed by atoms with E-state index in [1.807, 2.05) is 23.1 Å². The summed E-state index contributed by atoms with van der Waals surface area (Å²) in [5.74, 6) is 2.02. The molecular weight excluding hydrogens is 500 g/mol. The van der Waals surface area contributed by atoms with Gasteiger partial charge in [-0.3, -0.25) is 9.59 Å². The number of benzene rings is 2. The number of rotatable bonds is 8. The minimum Gasteiger partial charge on any atom is -0.436 e. The number of fused-ring (bicyclic) bond motifs is 1. The number of piperidine rings is 1. The molecule has 2 amide bonds. The highest BCUT2D eigenvalue weighted by Crippen LogP contribution is 2.34. The van der Waals surface area contributed by atoms with Gasteiger partial charge in [0.05, 0.1) is 12.1 Å². The molecule has 210 valence electrons. The highest BCUT2D eigenvalue weighted by atomic mass is 16.3. The number of amides is 2. The smallest absolute Gasteiger partial charge is 0.251 e. The van der Waals surface area contributed by atoms with Crippen LogP contribution in [0.15, 0.2) is 40.8 Å². The molecule has 0 radical (unpaired) electrons. The van der Waals surface area contributed by atoms with Crippen LogP contribution >= 0.6 is 0 Å². The number of oxazole rings is 1. The van der Waals surface area contributed by atoms with Crippen molar-refractivity contribution < 1.29 is 14.0 Å². The Balaban J connectivity index is 1.11. The Labute approximate surface area is 237 Å². The molecule has 1 aromatic heterocycles. The molecule has 40 heavy (non-hydrogen) atoms. The molecule has 1 N–H and O–H groups in total. The van der Waals surface area contributed by atoms with Crippen molar-refractivity contribution in [3.63, 3.8) is 0 Å². The zero-order valence-corrected chi connectivity index (χ0v) is 23.7. The molecule has 1 saturated carbocycles.